The van der Waals surface area contributed by atoms with Crippen molar-refractivity contribution in [3.05, 3.63) is 64.9 Å². The first-order valence-electron chi connectivity index (χ1n) is 7.74. The van der Waals surface area contributed by atoms with Crippen LogP contribution >= 0.6 is 11.6 Å². The van der Waals surface area contributed by atoms with Gasteiger partial charge in [0.1, 0.15) is 5.41 Å². The summed E-state index contributed by atoms with van der Waals surface area (Å²) in [7, 11) is 0. The second-order valence-corrected chi connectivity index (χ2v) is 6.22. The number of ether oxygens (including phenoxy) is 1. The van der Waals surface area contributed by atoms with Crippen molar-refractivity contribution in [1.82, 2.24) is 4.98 Å². The molecule has 0 unspecified atom stereocenters. The molecule has 0 saturated heterocycles. The lowest BCUT2D eigenvalue weighted by Crippen LogP contribution is -2.26. The van der Waals surface area contributed by atoms with E-state index in [9.17, 15) is 15.3 Å². The van der Waals surface area contributed by atoms with Gasteiger partial charge in [0.15, 0.2) is 5.41 Å². The van der Waals surface area contributed by atoms with Crippen molar-refractivity contribution in [2.24, 2.45) is 5.41 Å². The minimum atomic E-state index is -1.62. The molecular formula is C19H14ClN3O2. The van der Waals surface area contributed by atoms with Gasteiger partial charge in [0.05, 0.1) is 18.7 Å². The molecule has 3 rings (SSSR count). The lowest BCUT2D eigenvalue weighted by Gasteiger charge is -2.13. The Bertz CT molecular complexity index is 886. The number of carbonyl (C=O) groups is 1. The SMILES string of the molecule is CCOC(=O)[C@@]1(C#N)[C@H](c2cccnc2)[C@@]1(C#N)c1ccc(Cl)cc1. The Morgan fingerprint density at radius 2 is 2.00 bits per heavy atom. The summed E-state index contributed by atoms with van der Waals surface area (Å²) in [6.07, 6.45) is 3.17. The highest BCUT2D eigenvalue weighted by Crippen LogP contribution is 2.74. The summed E-state index contributed by atoms with van der Waals surface area (Å²) in [5.74, 6) is -1.35. The van der Waals surface area contributed by atoms with Crippen LogP contribution in [0.2, 0.25) is 5.02 Å². The average Bonchev–Trinajstić information content (AvgIpc) is 3.28. The fraction of sp³-hybridized carbons (Fsp3) is 0.263. The minimum Gasteiger partial charge on any atom is -0.465 e. The maximum absolute atomic E-state index is 12.7. The maximum Gasteiger partial charge on any atom is 0.329 e. The number of nitriles is 2. The number of hydrogen-bond donors (Lipinski definition) is 0. The number of pyridine rings is 1. The molecule has 3 atom stereocenters. The van der Waals surface area contributed by atoms with Crippen LogP contribution in [-0.2, 0) is 14.9 Å². The van der Waals surface area contributed by atoms with Gasteiger partial charge in [-0.3, -0.25) is 9.78 Å². The molecule has 1 aliphatic rings. The Hall–Kier alpha value is -2.89. The van der Waals surface area contributed by atoms with Crippen LogP contribution < -0.4 is 0 Å². The Kier molecular flexibility index (Phi) is 4.20. The van der Waals surface area contributed by atoms with E-state index < -0.39 is 22.7 Å². The molecule has 1 aliphatic carbocycles. The second kappa shape index (κ2) is 6.20. The van der Waals surface area contributed by atoms with E-state index in [0.29, 0.717) is 16.1 Å². The van der Waals surface area contributed by atoms with Crippen molar-refractivity contribution in [3.8, 4) is 12.1 Å². The number of carbonyl (C=O) groups excluding carboxylic acids is 1. The smallest absolute Gasteiger partial charge is 0.329 e. The van der Waals surface area contributed by atoms with E-state index in [1.54, 1.807) is 55.7 Å². The van der Waals surface area contributed by atoms with Gasteiger partial charge in [0, 0.05) is 23.3 Å². The molecule has 0 bridgehead atoms. The van der Waals surface area contributed by atoms with Crippen molar-refractivity contribution in [3.63, 3.8) is 0 Å². The van der Waals surface area contributed by atoms with Gasteiger partial charge in [0.2, 0.25) is 0 Å². The van der Waals surface area contributed by atoms with Gasteiger partial charge in [-0.15, -0.1) is 0 Å². The van der Waals surface area contributed by atoms with Crippen LogP contribution in [0, 0.1) is 28.1 Å². The quantitative estimate of drug-likeness (QED) is 0.788. The van der Waals surface area contributed by atoms with Gasteiger partial charge in [-0.2, -0.15) is 10.5 Å². The van der Waals surface area contributed by atoms with Gasteiger partial charge < -0.3 is 4.74 Å². The molecule has 1 aromatic heterocycles. The van der Waals surface area contributed by atoms with Crippen molar-refractivity contribution in [1.29, 1.82) is 10.5 Å². The van der Waals surface area contributed by atoms with Crippen LogP contribution in [0.1, 0.15) is 24.0 Å². The molecule has 124 valence electrons. The fourth-order valence-corrected chi connectivity index (χ4v) is 3.69. The molecule has 25 heavy (non-hydrogen) atoms. The summed E-state index contributed by atoms with van der Waals surface area (Å²) in [6, 6.07) is 14.4. The van der Waals surface area contributed by atoms with Crippen LogP contribution in [0.25, 0.3) is 0 Å². The zero-order chi connectivity index (χ0) is 18.1. The van der Waals surface area contributed by atoms with E-state index in [-0.39, 0.29) is 6.61 Å². The fourth-order valence-electron chi connectivity index (χ4n) is 3.57. The molecule has 0 N–H and O–H groups in total. The standard InChI is InChI=1S/C19H14ClN3O2/c1-2-25-17(24)19(12-22)16(13-4-3-9-23-10-13)18(19,11-21)14-5-7-15(20)8-6-14/h3-10,16H,2H2,1H3/t16-,18-,19-/m1/s1. The van der Waals surface area contributed by atoms with Crippen LogP contribution in [0.15, 0.2) is 48.8 Å². The summed E-state index contributed by atoms with van der Waals surface area (Å²) in [4.78, 5) is 16.8. The minimum absolute atomic E-state index is 0.129. The Morgan fingerprint density at radius 1 is 1.28 bits per heavy atom. The number of halogens is 1. The molecule has 0 spiro atoms. The molecule has 6 heteroatoms. The van der Waals surface area contributed by atoms with E-state index >= 15 is 0 Å². The zero-order valence-corrected chi connectivity index (χ0v) is 14.2. The van der Waals surface area contributed by atoms with E-state index in [4.69, 9.17) is 16.3 Å². The third-order valence-corrected chi connectivity index (χ3v) is 4.92. The zero-order valence-electron chi connectivity index (χ0n) is 13.4. The average molecular weight is 352 g/mol. The molecule has 1 heterocycles. The van der Waals surface area contributed by atoms with Crippen LogP contribution in [0.5, 0.6) is 0 Å². The van der Waals surface area contributed by atoms with Crippen LogP contribution in [-0.4, -0.2) is 17.6 Å². The van der Waals surface area contributed by atoms with Gasteiger partial charge in [-0.05, 0) is 36.2 Å². The summed E-state index contributed by atoms with van der Waals surface area (Å²) in [5.41, 5.74) is -1.76. The number of benzene rings is 1. The van der Waals surface area contributed by atoms with E-state index in [1.807, 2.05) is 0 Å². The molecule has 2 aromatic rings. The molecule has 0 aliphatic heterocycles. The normalized spacial score (nSPS) is 27.0. The first kappa shape index (κ1) is 17.0. The predicted molar refractivity (Wildman–Crippen MR) is 90.4 cm³/mol. The lowest BCUT2D eigenvalue weighted by molar-refractivity contribution is -0.148. The largest absolute Gasteiger partial charge is 0.465 e. The Balaban J connectivity index is 2.23. The Labute approximate surface area is 150 Å². The first-order chi connectivity index (χ1) is 12.1. The third kappa shape index (κ3) is 2.21. The number of esters is 1. The topological polar surface area (TPSA) is 86.8 Å². The van der Waals surface area contributed by atoms with Gasteiger partial charge >= 0.3 is 5.97 Å². The molecule has 1 fully saturated rings. The number of rotatable bonds is 4. The molecule has 0 radical (unpaired) electrons. The van der Waals surface area contributed by atoms with Crippen molar-refractivity contribution in [2.75, 3.05) is 6.61 Å². The van der Waals surface area contributed by atoms with E-state index in [2.05, 4.69) is 17.1 Å². The lowest BCUT2D eigenvalue weighted by atomic mass is 9.87. The van der Waals surface area contributed by atoms with Crippen molar-refractivity contribution in [2.45, 2.75) is 18.3 Å². The highest BCUT2D eigenvalue weighted by atomic mass is 35.5. The number of aromatic nitrogens is 1. The maximum atomic E-state index is 12.7. The van der Waals surface area contributed by atoms with Crippen molar-refractivity contribution >= 4 is 17.6 Å². The van der Waals surface area contributed by atoms with Crippen molar-refractivity contribution < 1.29 is 9.53 Å². The monoisotopic (exact) mass is 351 g/mol. The number of hydrogen-bond acceptors (Lipinski definition) is 5. The second-order valence-electron chi connectivity index (χ2n) is 5.79. The molecule has 1 aromatic carbocycles. The van der Waals surface area contributed by atoms with Crippen LogP contribution in [0.4, 0.5) is 0 Å². The summed E-state index contributed by atoms with van der Waals surface area (Å²) in [5, 5.41) is 20.5. The van der Waals surface area contributed by atoms with Crippen LogP contribution in [0.3, 0.4) is 0 Å². The van der Waals surface area contributed by atoms with Gasteiger partial charge in [0.25, 0.3) is 0 Å². The summed E-state index contributed by atoms with van der Waals surface area (Å²) >= 11 is 5.95. The third-order valence-electron chi connectivity index (χ3n) is 4.67. The molecule has 1 saturated carbocycles. The van der Waals surface area contributed by atoms with E-state index in [1.165, 1.54) is 0 Å². The highest BCUT2D eigenvalue weighted by molar-refractivity contribution is 6.30. The van der Waals surface area contributed by atoms with Gasteiger partial charge in [-0.1, -0.05) is 29.8 Å². The molecular weight excluding hydrogens is 338 g/mol. The van der Waals surface area contributed by atoms with E-state index in [0.717, 1.165) is 0 Å². The summed E-state index contributed by atoms with van der Waals surface area (Å²) < 4.78 is 5.16. The predicted octanol–water partition coefficient (Wildman–Crippen LogP) is 3.37. The molecule has 5 nitrogen and oxygen atoms in total. The summed E-state index contributed by atoms with van der Waals surface area (Å²) in [6.45, 7) is 1.80. The molecule has 0 amide bonds. The first-order valence-corrected chi connectivity index (χ1v) is 8.12. The Morgan fingerprint density at radius 3 is 2.52 bits per heavy atom. The number of nitrogens with zero attached hydrogens (tertiary/aromatic N) is 3. The highest BCUT2D eigenvalue weighted by Gasteiger charge is 2.85. The van der Waals surface area contributed by atoms with Gasteiger partial charge in [-0.25, -0.2) is 0 Å².